The van der Waals surface area contributed by atoms with Crippen molar-refractivity contribution in [2.45, 2.75) is 44.4 Å². The lowest BCUT2D eigenvalue weighted by Crippen LogP contribution is -2.62. The summed E-state index contributed by atoms with van der Waals surface area (Å²) in [5, 5.41) is 23.0. The van der Waals surface area contributed by atoms with E-state index in [1.54, 1.807) is 0 Å². The third-order valence-corrected chi connectivity index (χ3v) is 3.98. The Bertz CT molecular complexity index is 236. The summed E-state index contributed by atoms with van der Waals surface area (Å²) >= 11 is 0. The molecule has 1 aliphatic heterocycles. The zero-order valence-corrected chi connectivity index (χ0v) is 9.49. The molecule has 0 aromatic rings. The van der Waals surface area contributed by atoms with Crippen molar-refractivity contribution in [1.82, 2.24) is 5.32 Å². The molecule has 0 radical (unpaired) electrons. The summed E-state index contributed by atoms with van der Waals surface area (Å²) in [5.74, 6) is 0. The molecule has 0 aromatic carbocycles. The number of aliphatic hydroxyl groups excluding tert-OH is 1. The number of aliphatic hydroxyl groups is 2. The average molecular weight is 215 g/mol. The molecule has 1 heterocycles. The van der Waals surface area contributed by atoms with E-state index in [4.69, 9.17) is 4.74 Å². The van der Waals surface area contributed by atoms with Crippen LogP contribution >= 0.6 is 0 Å². The number of rotatable bonds is 3. The maximum absolute atomic E-state index is 10.0. The minimum absolute atomic E-state index is 0.0736. The number of hydrogen-bond donors (Lipinski definition) is 3. The van der Waals surface area contributed by atoms with Crippen LogP contribution in [0.25, 0.3) is 0 Å². The molecule has 15 heavy (non-hydrogen) atoms. The van der Waals surface area contributed by atoms with E-state index in [-0.39, 0.29) is 11.5 Å². The lowest BCUT2D eigenvalue weighted by atomic mass is 9.64. The highest BCUT2D eigenvalue weighted by atomic mass is 16.5. The zero-order chi connectivity index (χ0) is 11.1. The van der Waals surface area contributed by atoms with E-state index in [0.717, 1.165) is 6.42 Å². The Kier molecular flexibility index (Phi) is 2.79. The van der Waals surface area contributed by atoms with Gasteiger partial charge < -0.3 is 20.3 Å². The van der Waals surface area contributed by atoms with E-state index < -0.39 is 5.60 Å². The molecule has 0 aromatic heterocycles. The first-order valence-corrected chi connectivity index (χ1v) is 5.66. The Morgan fingerprint density at radius 3 is 2.67 bits per heavy atom. The van der Waals surface area contributed by atoms with Crippen LogP contribution in [0.15, 0.2) is 0 Å². The lowest BCUT2D eigenvalue weighted by molar-refractivity contribution is -0.0803. The second-order valence-corrected chi connectivity index (χ2v) is 5.53. The van der Waals surface area contributed by atoms with Gasteiger partial charge in [-0.2, -0.15) is 0 Å². The van der Waals surface area contributed by atoms with Crippen molar-refractivity contribution >= 4 is 0 Å². The number of nitrogens with one attached hydrogen (secondary N) is 1. The van der Waals surface area contributed by atoms with Crippen LogP contribution < -0.4 is 5.32 Å². The Labute approximate surface area is 90.6 Å². The summed E-state index contributed by atoms with van der Waals surface area (Å²) in [5.41, 5.74) is -0.771. The Morgan fingerprint density at radius 1 is 1.47 bits per heavy atom. The monoisotopic (exact) mass is 215 g/mol. The van der Waals surface area contributed by atoms with Crippen molar-refractivity contribution in [3.8, 4) is 0 Å². The molecule has 0 spiro atoms. The highest BCUT2D eigenvalue weighted by Gasteiger charge is 2.47. The topological polar surface area (TPSA) is 61.7 Å². The number of hydrogen-bond acceptors (Lipinski definition) is 4. The summed E-state index contributed by atoms with van der Waals surface area (Å²) in [6.45, 7) is 5.74. The van der Waals surface area contributed by atoms with Gasteiger partial charge in [0, 0.05) is 31.0 Å². The van der Waals surface area contributed by atoms with E-state index in [0.29, 0.717) is 32.2 Å². The second-order valence-electron chi connectivity index (χ2n) is 5.53. The molecule has 4 nitrogen and oxygen atoms in total. The van der Waals surface area contributed by atoms with E-state index in [1.165, 1.54) is 0 Å². The molecule has 2 fully saturated rings. The van der Waals surface area contributed by atoms with Gasteiger partial charge in [-0.3, -0.25) is 0 Å². The summed E-state index contributed by atoms with van der Waals surface area (Å²) in [7, 11) is 0. The van der Waals surface area contributed by atoms with Crippen molar-refractivity contribution in [3.63, 3.8) is 0 Å². The molecule has 88 valence electrons. The van der Waals surface area contributed by atoms with Gasteiger partial charge in [0.15, 0.2) is 0 Å². The largest absolute Gasteiger partial charge is 0.392 e. The molecular weight excluding hydrogens is 194 g/mol. The standard InChI is InChI=1S/C11H21NO3/c1-10(2)8(5-9(10)13)12-6-11(14)3-4-15-7-11/h8-9,12-14H,3-7H2,1-2H3. The van der Waals surface area contributed by atoms with Crippen LogP contribution in [-0.4, -0.2) is 47.7 Å². The molecule has 0 bridgehead atoms. The first-order valence-electron chi connectivity index (χ1n) is 5.66. The van der Waals surface area contributed by atoms with Crippen LogP contribution in [0.2, 0.25) is 0 Å². The summed E-state index contributed by atoms with van der Waals surface area (Å²) in [6.07, 6.45) is 1.27. The minimum atomic E-state index is -0.698. The van der Waals surface area contributed by atoms with Crippen LogP contribution in [0.3, 0.4) is 0 Å². The van der Waals surface area contributed by atoms with E-state index in [2.05, 4.69) is 5.32 Å². The fourth-order valence-corrected chi connectivity index (χ4v) is 2.30. The lowest BCUT2D eigenvalue weighted by Gasteiger charge is -2.50. The summed E-state index contributed by atoms with van der Waals surface area (Å²) < 4.78 is 5.18. The Balaban J connectivity index is 1.79. The van der Waals surface area contributed by atoms with Gasteiger partial charge in [0.2, 0.25) is 0 Å². The fraction of sp³-hybridized carbons (Fsp3) is 1.00. The molecule has 3 unspecified atom stereocenters. The van der Waals surface area contributed by atoms with Gasteiger partial charge >= 0.3 is 0 Å². The van der Waals surface area contributed by atoms with E-state index >= 15 is 0 Å². The quantitative estimate of drug-likeness (QED) is 0.614. The summed E-state index contributed by atoms with van der Waals surface area (Å²) in [6, 6.07) is 0.303. The maximum atomic E-state index is 10.0. The Morgan fingerprint density at radius 2 is 2.20 bits per heavy atom. The van der Waals surface area contributed by atoms with Crippen LogP contribution in [0, 0.1) is 5.41 Å². The van der Waals surface area contributed by atoms with Gasteiger partial charge in [0.05, 0.1) is 12.7 Å². The molecule has 4 heteroatoms. The van der Waals surface area contributed by atoms with Crippen molar-refractivity contribution < 1.29 is 14.9 Å². The van der Waals surface area contributed by atoms with Crippen LogP contribution in [0.5, 0.6) is 0 Å². The SMILES string of the molecule is CC1(C)C(O)CC1NCC1(O)CCOC1. The van der Waals surface area contributed by atoms with Gasteiger partial charge in [-0.15, -0.1) is 0 Å². The van der Waals surface area contributed by atoms with Crippen molar-refractivity contribution in [3.05, 3.63) is 0 Å². The van der Waals surface area contributed by atoms with Gasteiger partial charge in [-0.05, 0) is 6.42 Å². The van der Waals surface area contributed by atoms with Gasteiger partial charge in [0.1, 0.15) is 5.60 Å². The first kappa shape index (κ1) is 11.3. The van der Waals surface area contributed by atoms with Gasteiger partial charge in [0.25, 0.3) is 0 Å². The molecule has 0 amide bonds. The third-order valence-electron chi connectivity index (χ3n) is 3.98. The fourth-order valence-electron chi connectivity index (χ4n) is 2.30. The van der Waals surface area contributed by atoms with Crippen LogP contribution in [-0.2, 0) is 4.74 Å². The number of ether oxygens (including phenoxy) is 1. The second kappa shape index (κ2) is 3.70. The normalized spacial score (nSPS) is 44.0. The first-order chi connectivity index (χ1) is 6.94. The smallest absolute Gasteiger partial charge is 0.102 e. The predicted octanol–water partition coefficient (Wildman–Crippen LogP) is -0.113. The molecule has 2 aliphatic rings. The minimum Gasteiger partial charge on any atom is -0.392 e. The molecule has 3 atom stereocenters. The van der Waals surface area contributed by atoms with Crippen molar-refractivity contribution in [2.24, 2.45) is 5.41 Å². The molecule has 1 saturated heterocycles. The Hall–Kier alpha value is -0.160. The highest BCUT2D eigenvalue weighted by Crippen LogP contribution is 2.40. The molecular formula is C11H21NO3. The van der Waals surface area contributed by atoms with E-state index in [1.807, 2.05) is 13.8 Å². The van der Waals surface area contributed by atoms with E-state index in [9.17, 15) is 10.2 Å². The van der Waals surface area contributed by atoms with Crippen LogP contribution in [0.1, 0.15) is 26.7 Å². The van der Waals surface area contributed by atoms with Crippen LogP contribution in [0.4, 0.5) is 0 Å². The summed E-state index contributed by atoms with van der Waals surface area (Å²) in [4.78, 5) is 0. The highest BCUT2D eigenvalue weighted by molar-refractivity contribution is 5.02. The molecule has 1 saturated carbocycles. The van der Waals surface area contributed by atoms with Gasteiger partial charge in [-0.1, -0.05) is 13.8 Å². The average Bonchev–Trinajstić information content (AvgIpc) is 2.60. The zero-order valence-electron chi connectivity index (χ0n) is 9.49. The predicted molar refractivity (Wildman–Crippen MR) is 56.6 cm³/mol. The third kappa shape index (κ3) is 2.04. The molecule has 2 rings (SSSR count). The molecule has 1 aliphatic carbocycles. The van der Waals surface area contributed by atoms with Gasteiger partial charge in [-0.25, -0.2) is 0 Å². The van der Waals surface area contributed by atoms with Crippen molar-refractivity contribution in [2.75, 3.05) is 19.8 Å². The van der Waals surface area contributed by atoms with Crippen molar-refractivity contribution in [1.29, 1.82) is 0 Å². The maximum Gasteiger partial charge on any atom is 0.102 e. The molecule has 3 N–H and O–H groups in total.